The van der Waals surface area contributed by atoms with Crippen molar-refractivity contribution in [3.63, 3.8) is 0 Å². The van der Waals surface area contributed by atoms with E-state index in [0.29, 0.717) is 0 Å². The first kappa shape index (κ1) is 15.7. The molecule has 0 saturated heterocycles. The molecule has 0 saturated carbocycles. The van der Waals surface area contributed by atoms with E-state index in [0.717, 1.165) is 0 Å². The van der Waals surface area contributed by atoms with Crippen LogP contribution in [0.4, 0.5) is 4.53 Å². The van der Waals surface area contributed by atoms with Crippen LogP contribution in [0.3, 0.4) is 0 Å². The molecule has 0 bridgehead atoms. The van der Waals surface area contributed by atoms with Gasteiger partial charge in [-0.25, -0.2) is 0 Å². The standard InChI is InChI=1S/BFO3.2Li/c2-5-1(3)4;;/q-2;2*+1. The van der Waals surface area contributed by atoms with Gasteiger partial charge in [0.15, 0.2) is 0 Å². The first-order valence-electron chi connectivity index (χ1n) is 0.861. The second-order valence-electron chi connectivity index (χ2n) is 0.378. The largest absolute Gasteiger partial charge is 1.00 e. The molecule has 0 aromatic heterocycles. The second kappa shape index (κ2) is 10.1. The molecular formula is BFLi2O3. The number of hydrogen-bond donors (Lipinski definition) is 0. The van der Waals surface area contributed by atoms with Crippen molar-refractivity contribution in [2.24, 2.45) is 0 Å². The Morgan fingerprint density at radius 3 is 1.43 bits per heavy atom. The molecule has 30 valence electrons. The fraction of sp³-hybridized carbons (Fsp3) is 0. The van der Waals surface area contributed by atoms with Crippen molar-refractivity contribution in [1.82, 2.24) is 0 Å². The Bertz CT molecular complexity index is 26.9. The van der Waals surface area contributed by atoms with Crippen LogP contribution in [-0.4, -0.2) is 7.32 Å². The number of halogens is 1. The molecule has 0 aromatic rings. The minimum absolute atomic E-state index is 0. The zero-order valence-corrected chi connectivity index (χ0v) is 4.18. The second-order valence-corrected chi connectivity index (χ2v) is 0.378. The average Bonchev–Trinajstić information content (AvgIpc) is 1.38. The Morgan fingerprint density at radius 1 is 1.29 bits per heavy atom. The van der Waals surface area contributed by atoms with E-state index in [4.69, 9.17) is 10.0 Å². The fourth-order valence-electron chi connectivity index (χ4n) is 0. The molecule has 0 heterocycles. The SMILES string of the molecule is [Li+].[Li+].[O-]B([O-])OF. The van der Waals surface area contributed by atoms with Gasteiger partial charge < -0.3 is 14.9 Å². The molecule has 0 aliphatic rings. The molecule has 0 amide bonds. The zero-order chi connectivity index (χ0) is 4.28. The van der Waals surface area contributed by atoms with Crippen LogP contribution in [0.1, 0.15) is 0 Å². The molecular weight excluding hydrogens is 91.7 g/mol. The Morgan fingerprint density at radius 2 is 1.43 bits per heavy atom. The maximum Gasteiger partial charge on any atom is 1.00 e. The molecule has 0 spiro atoms. The molecule has 0 atom stereocenters. The molecule has 0 aliphatic carbocycles. The van der Waals surface area contributed by atoms with Gasteiger partial charge in [-0.3, -0.25) is 0 Å². The average molecular weight is 91.7 g/mol. The van der Waals surface area contributed by atoms with Crippen LogP contribution in [0.25, 0.3) is 0 Å². The first-order chi connectivity index (χ1) is 2.27. The van der Waals surface area contributed by atoms with Crippen molar-refractivity contribution in [1.29, 1.82) is 0 Å². The predicted octanol–water partition coefficient (Wildman–Crippen LogP) is -8.40. The monoisotopic (exact) mass is 92.0 g/mol. The van der Waals surface area contributed by atoms with Crippen LogP contribution in [-0.2, 0) is 4.86 Å². The summed E-state index contributed by atoms with van der Waals surface area (Å²) in [7, 11) is -2.78. The van der Waals surface area contributed by atoms with Gasteiger partial charge in [-0.2, -0.15) is 0 Å². The fourth-order valence-corrected chi connectivity index (χ4v) is 0. The summed E-state index contributed by atoms with van der Waals surface area (Å²) >= 11 is 0. The van der Waals surface area contributed by atoms with E-state index in [1.165, 1.54) is 0 Å². The maximum absolute atomic E-state index is 9.99. The Hall–Kier alpha value is 1.07. The third kappa shape index (κ3) is 19.3. The summed E-state index contributed by atoms with van der Waals surface area (Å²) in [5, 5.41) is 17.5. The molecule has 0 radical (unpaired) electrons. The van der Waals surface area contributed by atoms with Gasteiger partial charge in [0.1, 0.15) is 7.32 Å². The number of hydrogen-bond acceptors (Lipinski definition) is 3. The smallest absolute Gasteiger partial charge is 0.868 e. The Kier molecular flexibility index (Phi) is 22.7. The van der Waals surface area contributed by atoms with Crippen molar-refractivity contribution < 1.29 is 57.2 Å². The van der Waals surface area contributed by atoms with Crippen molar-refractivity contribution in [3.8, 4) is 0 Å². The van der Waals surface area contributed by atoms with Crippen molar-refractivity contribution in [3.05, 3.63) is 0 Å². The quantitative estimate of drug-likeness (QED) is 0.301. The predicted molar refractivity (Wildman–Crippen MR) is 7.95 cm³/mol. The minimum Gasteiger partial charge on any atom is -0.868 e. The molecule has 0 unspecified atom stereocenters. The zero-order valence-electron chi connectivity index (χ0n) is 4.18. The van der Waals surface area contributed by atoms with Crippen molar-refractivity contribution in [2.75, 3.05) is 0 Å². The van der Waals surface area contributed by atoms with E-state index in [9.17, 15) is 4.53 Å². The summed E-state index contributed by atoms with van der Waals surface area (Å²) in [5.74, 6) is 0. The van der Waals surface area contributed by atoms with Gasteiger partial charge in [-0.05, 0) is 0 Å². The van der Waals surface area contributed by atoms with Gasteiger partial charge >= 0.3 is 37.7 Å². The summed E-state index contributed by atoms with van der Waals surface area (Å²) in [6.07, 6.45) is 0. The van der Waals surface area contributed by atoms with E-state index in [2.05, 4.69) is 4.86 Å². The normalized spacial score (nSPS) is 5.57. The van der Waals surface area contributed by atoms with E-state index in [1.54, 1.807) is 0 Å². The van der Waals surface area contributed by atoms with Crippen LogP contribution < -0.4 is 47.8 Å². The summed E-state index contributed by atoms with van der Waals surface area (Å²) in [4.78, 5) is 2.14. The van der Waals surface area contributed by atoms with Gasteiger partial charge in [0.25, 0.3) is 0 Å². The van der Waals surface area contributed by atoms with Crippen LogP contribution in [0, 0.1) is 0 Å². The van der Waals surface area contributed by atoms with Crippen molar-refractivity contribution in [2.45, 2.75) is 0 Å². The van der Waals surface area contributed by atoms with Gasteiger partial charge in [-0.1, -0.05) is 4.53 Å². The topological polar surface area (TPSA) is 55.3 Å². The van der Waals surface area contributed by atoms with Crippen molar-refractivity contribution >= 4 is 7.32 Å². The van der Waals surface area contributed by atoms with E-state index < -0.39 is 7.32 Å². The molecule has 7 heteroatoms. The Balaban J connectivity index is -0.0000000800. The van der Waals surface area contributed by atoms with Crippen LogP contribution >= 0.6 is 0 Å². The molecule has 0 rings (SSSR count). The third-order valence-corrected chi connectivity index (χ3v) is 0.0727. The molecule has 0 fully saturated rings. The van der Waals surface area contributed by atoms with E-state index >= 15 is 0 Å². The van der Waals surface area contributed by atoms with E-state index in [-0.39, 0.29) is 37.7 Å². The minimum atomic E-state index is -2.78. The summed E-state index contributed by atoms with van der Waals surface area (Å²) < 4.78 is 9.99. The molecule has 3 nitrogen and oxygen atoms in total. The summed E-state index contributed by atoms with van der Waals surface area (Å²) in [6, 6.07) is 0. The van der Waals surface area contributed by atoms with Crippen LogP contribution in [0.5, 0.6) is 0 Å². The van der Waals surface area contributed by atoms with E-state index in [1.807, 2.05) is 0 Å². The van der Waals surface area contributed by atoms with Crippen LogP contribution in [0.2, 0.25) is 0 Å². The Labute approximate surface area is 64.7 Å². The third-order valence-electron chi connectivity index (χ3n) is 0.0727. The van der Waals surface area contributed by atoms with Crippen LogP contribution in [0.15, 0.2) is 0 Å². The van der Waals surface area contributed by atoms with Gasteiger partial charge in [-0.15, -0.1) is 0 Å². The van der Waals surface area contributed by atoms with Gasteiger partial charge in [0, 0.05) is 0 Å². The maximum atomic E-state index is 9.99. The first-order valence-corrected chi connectivity index (χ1v) is 0.861. The molecule has 0 aromatic carbocycles. The summed E-state index contributed by atoms with van der Waals surface area (Å²) in [6.45, 7) is 0. The molecule has 0 N–H and O–H groups in total. The number of rotatable bonds is 1. The van der Waals surface area contributed by atoms with Gasteiger partial charge in [0.05, 0.1) is 0 Å². The summed E-state index contributed by atoms with van der Waals surface area (Å²) in [5.41, 5.74) is 0. The molecule has 0 aliphatic heterocycles. The molecule has 7 heavy (non-hydrogen) atoms. The van der Waals surface area contributed by atoms with Gasteiger partial charge in [0.2, 0.25) is 0 Å².